The summed E-state index contributed by atoms with van der Waals surface area (Å²) in [4.78, 5) is 1.70. The molecule has 0 bridgehead atoms. The Hall–Kier alpha value is -0.770. The first kappa shape index (κ1) is 26.2. The van der Waals surface area contributed by atoms with Crippen LogP contribution < -0.4 is 5.32 Å². The largest absolute Gasteiger partial charge is 0.416 e. The Bertz CT molecular complexity index is 600. The molecular formula is C16H21Cl2F7N2. The van der Waals surface area contributed by atoms with Crippen LogP contribution in [0.5, 0.6) is 0 Å². The molecule has 0 aliphatic carbocycles. The Kier molecular flexibility index (Phi) is 9.85. The Labute approximate surface area is 165 Å². The van der Waals surface area contributed by atoms with Gasteiger partial charge < -0.3 is 5.32 Å². The van der Waals surface area contributed by atoms with Gasteiger partial charge >= 0.3 is 12.4 Å². The van der Waals surface area contributed by atoms with Crippen molar-refractivity contribution in [1.82, 2.24) is 10.2 Å². The lowest BCUT2D eigenvalue weighted by atomic mass is 9.92. The van der Waals surface area contributed by atoms with Crippen LogP contribution in [-0.4, -0.2) is 31.1 Å². The lowest BCUT2D eigenvalue weighted by Crippen LogP contribution is -2.45. The molecule has 0 spiro atoms. The van der Waals surface area contributed by atoms with Crippen molar-refractivity contribution in [3.63, 3.8) is 0 Å². The van der Waals surface area contributed by atoms with Crippen LogP contribution in [0.1, 0.15) is 42.5 Å². The minimum absolute atomic E-state index is 0. The summed E-state index contributed by atoms with van der Waals surface area (Å²) in [5, 5.41) is 3.05. The zero-order valence-electron chi connectivity index (χ0n) is 14.4. The number of piperazine rings is 1. The van der Waals surface area contributed by atoms with Crippen LogP contribution >= 0.6 is 24.8 Å². The summed E-state index contributed by atoms with van der Waals surface area (Å²) >= 11 is 0. The van der Waals surface area contributed by atoms with E-state index in [1.807, 2.05) is 0 Å². The summed E-state index contributed by atoms with van der Waals surface area (Å²) in [7, 11) is 0. The van der Waals surface area contributed by atoms with Crippen LogP contribution in [0.15, 0.2) is 12.1 Å². The highest BCUT2D eigenvalue weighted by atomic mass is 35.5. The Morgan fingerprint density at radius 2 is 1.56 bits per heavy atom. The second-order valence-electron chi connectivity index (χ2n) is 6.01. The van der Waals surface area contributed by atoms with Gasteiger partial charge in [-0.1, -0.05) is 13.3 Å². The molecule has 0 radical (unpaired) electrons. The van der Waals surface area contributed by atoms with Gasteiger partial charge in [-0.15, -0.1) is 24.8 Å². The standard InChI is InChI=1S/C16H19F7N2.2ClH/c1-2-3-13(25-6-4-24-5-7-25)14-11(16(21,22)23)8-10(9-12(14)17)15(18,19)20;;/h8-9,13,24H,2-7H2,1H3;2*1H/t13-;;/m1../s1. The van der Waals surface area contributed by atoms with Gasteiger partial charge in [0.05, 0.1) is 11.1 Å². The summed E-state index contributed by atoms with van der Waals surface area (Å²) < 4.78 is 93.1. The molecule has 158 valence electrons. The molecule has 0 saturated carbocycles. The van der Waals surface area contributed by atoms with E-state index in [9.17, 15) is 30.7 Å². The fourth-order valence-electron chi connectivity index (χ4n) is 3.13. The van der Waals surface area contributed by atoms with Gasteiger partial charge in [-0.2, -0.15) is 26.3 Å². The predicted octanol–water partition coefficient (Wildman–Crippen LogP) is 5.45. The van der Waals surface area contributed by atoms with Crippen molar-refractivity contribution in [1.29, 1.82) is 0 Å². The van der Waals surface area contributed by atoms with Crippen molar-refractivity contribution in [2.75, 3.05) is 26.2 Å². The molecule has 2 rings (SSSR count). The maximum Gasteiger partial charge on any atom is 0.416 e. The fourth-order valence-corrected chi connectivity index (χ4v) is 3.13. The summed E-state index contributed by atoms with van der Waals surface area (Å²) in [6.45, 7) is 3.61. The van der Waals surface area contributed by atoms with Crippen molar-refractivity contribution in [3.8, 4) is 0 Å². The van der Waals surface area contributed by atoms with Gasteiger partial charge in [-0.3, -0.25) is 4.90 Å². The van der Waals surface area contributed by atoms with Crippen LogP contribution in [0, 0.1) is 5.82 Å². The molecule has 1 saturated heterocycles. The Morgan fingerprint density at radius 1 is 1.00 bits per heavy atom. The van der Waals surface area contributed by atoms with Gasteiger partial charge in [0.25, 0.3) is 0 Å². The number of nitrogens with zero attached hydrogens (tertiary/aromatic N) is 1. The second kappa shape index (κ2) is 10.1. The van der Waals surface area contributed by atoms with Gasteiger partial charge in [-0.25, -0.2) is 4.39 Å². The van der Waals surface area contributed by atoms with Crippen LogP contribution in [0.4, 0.5) is 30.7 Å². The number of rotatable bonds is 4. The molecule has 1 heterocycles. The topological polar surface area (TPSA) is 15.3 Å². The minimum Gasteiger partial charge on any atom is -0.314 e. The SMILES string of the molecule is CCC[C@H](c1c(F)cc(C(F)(F)F)cc1C(F)(F)F)N1CCNCC1.Cl.Cl. The molecule has 0 aromatic heterocycles. The third-order valence-electron chi connectivity index (χ3n) is 4.25. The highest BCUT2D eigenvalue weighted by Gasteiger charge is 2.42. The molecule has 0 unspecified atom stereocenters. The number of alkyl halides is 6. The number of benzene rings is 1. The number of hydrogen-bond donors (Lipinski definition) is 1. The average Bonchev–Trinajstić information content (AvgIpc) is 2.51. The van der Waals surface area contributed by atoms with Crippen molar-refractivity contribution in [3.05, 3.63) is 34.6 Å². The van der Waals surface area contributed by atoms with Crippen molar-refractivity contribution in [2.45, 2.75) is 38.2 Å². The fraction of sp³-hybridized carbons (Fsp3) is 0.625. The Morgan fingerprint density at radius 3 is 2.00 bits per heavy atom. The van der Waals surface area contributed by atoms with Crippen LogP contribution in [0.2, 0.25) is 0 Å². The molecule has 1 aliphatic heterocycles. The first-order valence-electron chi connectivity index (χ1n) is 7.98. The van der Waals surface area contributed by atoms with Crippen LogP contribution in [0.25, 0.3) is 0 Å². The van der Waals surface area contributed by atoms with E-state index >= 15 is 0 Å². The molecule has 1 atom stereocenters. The van der Waals surface area contributed by atoms with Crippen molar-refractivity contribution in [2.24, 2.45) is 0 Å². The summed E-state index contributed by atoms with van der Waals surface area (Å²) in [6.07, 6.45) is -9.41. The number of halogens is 9. The van der Waals surface area contributed by atoms with E-state index in [0.29, 0.717) is 32.6 Å². The third-order valence-corrected chi connectivity index (χ3v) is 4.25. The number of nitrogens with one attached hydrogen (secondary N) is 1. The molecule has 1 aromatic rings. The van der Waals surface area contributed by atoms with E-state index in [0.717, 1.165) is 0 Å². The molecule has 1 aromatic carbocycles. The van der Waals surface area contributed by atoms with E-state index < -0.39 is 40.9 Å². The first-order valence-corrected chi connectivity index (χ1v) is 7.98. The molecule has 0 amide bonds. The molecule has 1 fully saturated rings. The predicted molar refractivity (Wildman–Crippen MR) is 93.0 cm³/mol. The third kappa shape index (κ3) is 6.37. The van der Waals surface area contributed by atoms with E-state index in [1.54, 1.807) is 11.8 Å². The van der Waals surface area contributed by atoms with E-state index in [2.05, 4.69) is 5.32 Å². The summed E-state index contributed by atoms with van der Waals surface area (Å²) in [5.74, 6) is -1.46. The van der Waals surface area contributed by atoms with E-state index in [-0.39, 0.29) is 43.4 Å². The molecule has 11 heteroatoms. The normalized spacial score (nSPS) is 17.0. The van der Waals surface area contributed by atoms with Gasteiger partial charge in [0.1, 0.15) is 5.82 Å². The zero-order chi connectivity index (χ0) is 18.8. The minimum atomic E-state index is -5.07. The smallest absolute Gasteiger partial charge is 0.314 e. The maximum absolute atomic E-state index is 14.5. The lowest BCUT2D eigenvalue weighted by molar-refractivity contribution is -0.144. The van der Waals surface area contributed by atoms with Crippen LogP contribution in [-0.2, 0) is 12.4 Å². The van der Waals surface area contributed by atoms with Crippen LogP contribution in [0.3, 0.4) is 0 Å². The first-order chi connectivity index (χ1) is 11.6. The molecule has 1 aliphatic rings. The highest BCUT2D eigenvalue weighted by molar-refractivity contribution is 5.85. The zero-order valence-corrected chi connectivity index (χ0v) is 16.0. The molecular weight excluding hydrogens is 424 g/mol. The van der Waals surface area contributed by atoms with E-state index in [4.69, 9.17) is 0 Å². The Balaban J connectivity index is 0.00000338. The summed E-state index contributed by atoms with van der Waals surface area (Å²) in [6, 6.07) is -0.732. The van der Waals surface area contributed by atoms with Crippen molar-refractivity contribution >= 4 is 24.8 Å². The lowest BCUT2D eigenvalue weighted by Gasteiger charge is -2.36. The van der Waals surface area contributed by atoms with Crippen molar-refractivity contribution < 1.29 is 30.7 Å². The van der Waals surface area contributed by atoms with E-state index in [1.165, 1.54) is 0 Å². The maximum atomic E-state index is 14.5. The second-order valence-corrected chi connectivity index (χ2v) is 6.01. The number of hydrogen-bond acceptors (Lipinski definition) is 2. The van der Waals surface area contributed by atoms with Gasteiger partial charge in [0.2, 0.25) is 0 Å². The monoisotopic (exact) mass is 444 g/mol. The van der Waals surface area contributed by atoms with Gasteiger partial charge in [0, 0.05) is 37.8 Å². The quantitative estimate of drug-likeness (QED) is 0.620. The summed E-state index contributed by atoms with van der Waals surface area (Å²) in [5.41, 5.74) is -3.86. The average molecular weight is 445 g/mol. The highest BCUT2D eigenvalue weighted by Crippen LogP contribution is 2.42. The van der Waals surface area contributed by atoms with Gasteiger partial charge in [-0.05, 0) is 18.6 Å². The molecule has 2 nitrogen and oxygen atoms in total. The molecule has 1 N–H and O–H groups in total. The molecule has 27 heavy (non-hydrogen) atoms. The van der Waals surface area contributed by atoms with Gasteiger partial charge in [0.15, 0.2) is 0 Å².